The smallest absolute Gasteiger partial charge is 0.337 e. The fraction of sp³-hybridized carbons (Fsp3) is 0.278. The van der Waals surface area contributed by atoms with Gasteiger partial charge in [0, 0.05) is 31.2 Å². The van der Waals surface area contributed by atoms with Crippen LogP contribution < -0.4 is 0 Å². The van der Waals surface area contributed by atoms with Gasteiger partial charge in [0.15, 0.2) is 0 Å². The zero-order chi connectivity index (χ0) is 22.1. The predicted molar refractivity (Wildman–Crippen MR) is 112 cm³/mol. The van der Waals surface area contributed by atoms with E-state index in [-0.39, 0.29) is 46.6 Å². The van der Waals surface area contributed by atoms with Crippen molar-refractivity contribution in [1.82, 2.24) is 8.61 Å². The van der Waals surface area contributed by atoms with E-state index in [0.717, 1.165) is 10.4 Å². The monoisotopic (exact) mass is 492 g/mol. The van der Waals surface area contributed by atoms with Crippen molar-refractivity contribution in [2.45, 2.75) is 9.79 Å². The molecule has 1 aliphatic rings. The average Bonchev–Trinajstić information content (AvgIpc) is 2.73. The summed E-state index contributed by atoms with van der Waals surface area (Å²) in [6.45, 7) is -0.182. The van der Waals surface area contributed by atoms with Crippen LogP contribution in [0.25, 0.3) is 0 Å². The van der Waals surface area contributed by atoms with Crippen LogP contribution in [-0.2, 0) is 24.8 Å². The second-order valence-corrected chi connectivity index (χ2v) is 11.1. The number of carbonyl (C=O) groups excluding carboxylic acids is 1. The van der Waals surface area contributed by atoms with Gasteiger partial charge in [0.2, 0.25) is 20.0 Å². The number of nitrogens with zero attached hydrogens (tertiary/aromatic N) is 2. The first-order chi connectivity index (χ1) is 14.1. The Labute approximate surface area is 185 Å². The molecule has 30 heavy (non-hydrogen) atoms. The highest BCUT2D eigenvalue weighted by Gasteiger charge is 2.35. The van der Waals surface area contributed by atoms with Gasteiger partial charge in [-0.15, -0.1) is 0 Å². The number of hydrogen-bond acceptors (Lipinski definition) is 6. The molecule has 0 aromatic heterocycles. The van der Waals surface area contributed by atoms with E-state index in [1.54, 1.807) is 0 Å². The van der Waals surface area contributed by atoms with Crippen molar-refractivity contribution >= 4 is 49.2 Å². The number of halogens is 2. The molecule has 2 aromatic rings. The van der Waals surface area contributed by atoms with E-state index in [1.807, 2.05) is 0 Å². The average molecular weight is 493 g/mol. The van der Waals surface area contributed by atoms with E-state index in [9.17, 15) is 21.6 Å². The Hall–Kier alpha value is -1.69. The van der Waals surface area contributed by atoms with Crippen LogP contribution in [0, 0.1) is 0 Å². The van der Waals surface area contributed by atoms with E-state index in [4.69, 9.17) is 23.2 Å². The molecule has 1 heterocycles. The normalized spacial score (nSPS) is 16.4. The Morgan fingerprint density at radius 2 is 1.40 bits per heavy atom. The summed E-state index contributed by atoms with van der Waals surface area (Å²) in [6.07, 6.45) is 0. The van der Waals surface area contributed by atoms with Gasteiger partial charge >= 0.3 is 5.97 Å². The number of esters is 1. The number of ether oxygens (including phenoxy) is 1. The lowest BCUT2D eigenvalue weighted by Gasteiger charge is -2.33. The molecule has 0 atom stereocenters. The molecule has 0 radical (unpaired) electrons. The standard InChI is InChI=1S/C18H18Cl2N2O6S2/c1-28-18(23)13-2-7-16(20)17(12-13)30(26,27)22-10-8-21(9-11-22)29(24,25)15-5-3-14(19)4-6-15/h2-7,12H,8-11H2,1H3. The molecule has 1 saturated heterocycles. The Kier molecular flexibility index (Phi) is 6.75. The predicted octanol–water partition coefficient (Wildman–Crippen LogP) is 2.48. The maximum atomic E-state index is 13.0. The number of hydrogen-bond donors (Lipinski definition) is 0. The Bertz CT molecular complexity index is 1160. The first-order valence-corrected chi connectivity index (χ1v) is 12.3. The lowest BCUT2D eigenvalue weighted by molar-refractivity contribution is 0.0600. The van der Waals surface area contributed by atoms with Gasteiger partial charge in [-0.2, -0.15) is 8.61 Å². The van der Waals surface area contributed by atoms with Gasteiger partial charge in [-0.25, -0.2) is 21.6 Å². The Balaban J connectivity index is 1.80. The minimum absolute atomic E-state index is 0.0293. The second kappa shape index (κ2) is 8.81. The van der Waals surface area contributed by atoms with E-state index >= 15 is 0 Å². The summed E-state index contributed by atoms with van der Waals surface area (Å²) in [5.74, 6) is -0.693. The van der Waals surface area contributed by atoms with Crippen molar-refractivity contribution in [3.63, 3.8) is 0 Å². The molecule has 1 fully saturated rings. The van der Waals surface area contributed by atoms with Crippen LogP contribution >= 0.6 is 23.2 Å². The zero-order valence-corrected chi connectivity index (χ0v) is 18.9. The third kappa shape index (κ3) is 4.48. The van der Waals surface area contributed by atoms with Crippen molar-refractivity contribution in [2.24, 2.45) is 0 Å². The van der Waals surface area contributed by atoms with Crippen LogP contribution in [0.5, 0.6) is 0 Å². The minimum Gasteiger partial charge on any atom is -0.465 e. The summed E-state index contributed by atoms with van der Waals surface area (Å²) in [6, 6.07) is 9.58. The molecule has 0 N–H and O–H groups in total. The summed E-state index contributed by atoms with van der Waals surface area (Å²) in [5.41, 5.74) is 0.0458. The summed E-state index contributed by atoms with van der Waals surface area (Å²) < 4.78 is 58.6. The molecule has 0 amide bonds. The maximum Gasteiger partial charge on any atom is 0.337 e. The van der Waals surface area contributed by atoms with Gasteiger partial charge < -0.3 is 4.74 Å². The van der Waals surface area contributed by atoms with Crippen LogP contribution in [0.4, 0.5) is 0 Å². The van der Waals surface area contributed by atoms with Gasteiger partial charge in [0.25, 0.3) is 0 Å². The second-order valence-electron chi connectivity index (χ2n) is 6.40. The van der Waals surface area contributed by atoms with Gasteiger partial charge in [-0.1, -0.05) is 23.2 Å². The SMILES string of the molecule is COC(=O)c1ccc(Cl)c(S(=O)(=O)N2CCN(S(=O)(=O)c3ccc(Cl)cc3)CC2)c1. The third-order valence-electron chi connectivity index (χ3n) is 4.62. The van der Waals surface area contributed by atoms with Gasteiger partial charge in [-0.05, 0) is 42.5 Å². The number of sulfonamides is 2. The Morgan fingerprint density at radius 3 is 1.93 bits per heavy atom. The molecule has 0 spiro atoms. The van der Waals surface area contributed by atoms with E-state index in [0.29, 0.717) is 5.02 Å². The largest absolute Gasteiger partial charge is 0.465 e. The number of rotatable bonds is 5. The molecule has 1 aliphatic heterocycles. The van der Waals surface area contributed by atoms with Crippen LogP contribution in [0.2, 0.25) is 10.0 Å². The van der Waals surface area contributed by atoms with Crippen LogP contribution in [0.1, 0.15) is 10.4 Å². The minimum atomic E-state index is -4.04. The van der Waals surface area contributed by atoms with Crippen molar-refractivity contribution < 1.29 is 26.4 Å². The fourth-order valence-corrected chi connectivity index (χ4v) is 6.46. The summed E-state index contributed by atoms with van der Waals surface area (Å²) in [5, 5.41) is 0.370. The summed E-state index contributed by atoms with van der Waals surface area (Å²) in [7, 11) is -6.63. The van der Waals surface area contributed by atoms with Crippen molar-refractivity contribution in [1.29, 1.82) is 0 Å². The number of methoxy groups -OCH3 is 1. The highest BCUT2D eigenvalue weighted by Crippen LogP contribution is 2.28. The first-order valence-electron chi connectivity index (χ1n) is 8.71. The van der Waals surface area contributed by atoms with Crippen LogP contribution in [0.15, 0.2) is 52.3 Å². The molecule has 0 unspecified atom stereocenters. The topological polar surface area (TPSA) is 101 Å². The highest BCUT2D eigenvalue weighted by molar-refractivity contribution is 7.89. The molecule has 3 rings (SSSR count). The van der Waals surface area contributed by atoms with Gasteiger partial charge in [0.1, 0.15) is 4.90 Å². The molecule has 12 heteroatoms. The van der Waals surface area contributed by atoms with Crippen molar-refractivity contribution in [3.05, 3.63) is 58.1 Å². The molecule has 0 saturated carbocycles. The third-order valence-corrected chi connectivity index (χ3v) is 9.16. The quantitative estimate of drug-likeness (QED) is 0.594. The Morgan fingerprint density at radius 1 is 0.867 bits per heavy atom. The fourth-order valence-electron chi connectivity index (χ4n) is 2.99. The van der Waals surface area contributed by atoms with Crippen molar-refractivity contribution in [2.75, 3.05) is 33.3 Å². The molecule has 2 aromatic carbocycles. The van der Waals surface area contributed by atoms with Crippen molar-refractivity contribution in [3.8, 4) is 0 Å². The van der Waals surface area contributed by atoms with E-state index < -0.39 is 26.0 Å². The molecule has 0 bridgehead atoms. The van der Waals surface area contributed by atoms with E-state index in [1.165, 1.54) is 47.8 Å². The number of carbonyl (C=O) groups is 1. The number of piperazine rings is 1. The lowest BCUT2D eigenvalue weighted by Crippen LogP contribution is -2.50. The highest BCUT2D eigenvalue weighted by atomic mass is 35.5. The van der Waals surface area contributed by atoms with Crippen LogP contribution in [0.3, 0.4) is 0 Å². The van der Waals surface area contributed by atoms with Crippen LogP contribution in [-0.4, -0.2) is 64.7 Å². The lowest BCUT2D eigenvalue weighted by atomic mass is 10.2. The molecular weight excluding hydrogens is 475 g/mol. The first kappa shape index (κ1) is 23.0. The number of benzene rings is 2. The summed E-state index contributed by atoms with van der Waals surface area (Å²) in [4.78, 5) is 11.6. The van der Waals surface area contributed by atoms with Gasteiger partial charge in [-0.3, -0.25) is 0 Å². The zero-order valence-electron chi connectivity index (χ0n) is 15.8. The summed E-state index contributed by atoms with van der Waals surface area (Å²) >= 11 is 11.9. The molecule has 162 valence electrons. The maximum absolute atomic E-state index is 13.0. The van der Waals surface area contributed by atoms with E-state index in [2.05, 4.69) is 4.74 Å². The molecule has 8 nitrogen and oxygen atoms in total. The van der Waals surface area contributed by atoms with Gasteiger partial charge in [0.05, 0.1) is 22.6 Å². The molecular formula is C18H18Cl2N2O6S2. The molecule has 0 aliphatic carbocycles.